The van der Waals surface area contributed by atoms with E-state index in [2.05, 4.69) is 0 Å². The molecule has 1 aromatic carbocycles. The molecule has 3 heteroatoms. The Morgan fingerprint density at radius 3 is 2.20 bits per heavy atom. The second-order valence-electron chi connectivity index (χ2n) is 3.57. The van der Waals surface area contributed by atoms with Crippen molar-refractivity contribution in [3.8, 4) is 0 Å². The number of benzene rings is 1. The predicted octanol–water partition coefficient (Wildman–Crippen LogP) is 1.87. The summed E-state index contributed by atoms with van der Waals surface area (Å²) in [5.74, 6) is -0.855. The van der Waals surface area contributed by atoms with Crippen LogP contribution in [0.5, 0.6) is 0 Å². The fourth-order valence-corrected chi connectivity index (χ4v) is 1.24. The van der Waals surface area contributed by atoms with Gasteiger partial charge in [0.1, 0.15) is 5.78 Å². The van der Waals surface area contributed by atoms with Crippen molar-refractivity contribution in [2.45, 2.75) is 13.8 Å². The highest BCUT2D eigenvalue weighted by Gasteiger charge is 2.21. The summed E-state index contributed by atoms with van der Waals surface area (Å²) in [5, 5.41) is 0. The number of para-hydroxylation sites is 1. The molecule has 0 saturated carbocycles. The molecule has 0 aliphatic heterocycles. The zero-order valence-electron chi connectivity index (χ0n) is 9.23. The van der Waals surface area contributed by atoms with Gasteiger partial charge in [-0.3, -0.25) is 9.59 Å². The first kappa shape index (κ1) is 11.4. The summed E-state index contributed by atoms with van der Waals surface area (Å²) in [5.41, 5.74) is 0.801. The monoisotopic (exact) mass is 205 g/mol. The van der Waals surface area contributed by atoms with Crippen molar-refractivity contribution in [2.75, 3.05) is 11.9 Å². The number of hydrogen-bond donors (Lipinski definition) is 0. The third kappa shape index (κ3) is 2.65. The standard InChI is InChI=1S/C12H15NO2/c1-9(10(2)14)12(15)13(3)11-7-5-4-6-8-11/h4-9H,1-3H3. The average Bonchev–Trinajstić information content (AvgIpc) is 2.27. The van der Waals surface area contributed by atoms with Gasteiger partial charge in [-0.15, -0.1) is 0 Å². The molecule has 0 N–H and O–H groups in total. The van der Waals surface area contributed by atoms with Crippen LogP contribution in [0.3, 0.4) is 0 Å². The Morgan fingerprint density at radius 1 is 1.20 bits per heavy atom. The van der Waals surface area contributed by atoms with E-state index in [1.165, 1.54) is 11.8 Å². The van der Waals surface area contributed by atoms with E-state index in [4.69, 9.17) is 0 Å². The van der Waals surface area contributed by atoms with Gasteiger partial charge < -0.3 is 4.90 Å². The predicted molar refractivity (Wildman–Crippen MR) is 59.7 cm³/mol. The van der Waals surface area contributed by atoms with Crippen LogP contribution in [0.4, 0.5) is 5.69 Å². The van der Waals surface area contributed by atoms with Gasteiger partial charge in [0.15, 0.2) is 0 Å². The molecule has 0 spiro atoms. The molecule has 3 nitrogen and oxygen atoms in total. The minimum Gasteiger partial charge on any atom is -0.315 e. The fraction of sp³-hybridized carbons (Fsp3) is 0.333. The van der Waals surface area contributed by atoms with Gasteiger partial charge in [0.25, 0.3) is 0 Å². The first-order valence-electron chi connectivity index (χ1n) is 4.87. The number of rotatable bonds is 3. The van der Waals surface area contributed by atoms with E-state index in [1.54, 1.807) is 14.0 Å². The molecule has 1 rings (SSSR count). The van der Waals surface area contributed by atoms with Gasteiger partial charge in [-0.2, -0.15) is 0 Å². The van der Waals surface area contributed by atoms with Crippen molar-refractivity contribution in [2.24, 2.45) is 5.92 Å². The number of carbonyl (C=O) groups is 2. The molecule has 15 heavy (non-hydrogen) atoms. The van der Waals surface area contributed by atoms with Crippen LogP contribution in [0.15, 0.2) is 30.3 Å². The van der Waals surface area contributed by atoms with Crippen LogP contribution in [-0.2, 0) is 9.59 Å². The zero-order chi connectivity index (χ0) is 11.4. The van der Waals surface area contributed by atoms with Crippen LogP contribution < -0.4 is 4.90 Å². The highest BCUT2D eigenvalue weighted by molar-refractivity contribution is 6.07. The number of carbonyl (C=O) groups excluding carboxylic acids is 2. The topological polar surface area (TPSA) is 37.4 Å². The largest absolute Gasteiger partial charge is 0.315 e. The number of Topliss-reactive ketones (excluding diaryl/α,β-unsaturated/α-hetero) is 1. The fourth-order valence-electron chi connectivity index (χ4n) is 1.24. The molecule has 1 aromatic rings. The Kier molecular flexibility index (Phi) is 3.61. The van der Waals surface area contributed by atoms with Crippen molar-refractivity contribution < 1.29 is 9.59 Å². The minimum atomic E-state index is -0.574. The average molecular weight is 205 g/mol. The van der Waals surface area contributed by atoms with E-state index in [-0.39, 0.29) is 11.7 Å². The van der Waals surface area contributed by atoms with Crippen molar-refractivity contribution >= 4 is 17.4 Å². The van der Waals surface area contributed by atoms with Crippen molar-refractivity contribution in [1.82, 2.24) is 0 Å². The number of hydrogen-bond acceptors (Lipinski definition) is 2. The summed E-state index contributed by atoms with van der Waals surface area (Å²) in [6, 6.07) is 9.28. The highest BCUT2D eigenvalue weighted by atomic mass is 16.2. The molecule has 0 aromatic heterocycles. The molecule has 0 aliphatic carbocycles. The van der Waals surface area contributed by atoms with E-state index >= 15 is 0 Å². The van der Waals surface area contributed by atoms with Crippen LogP contribution in [0, 0.1) is 5.92 Å². The van der Waals surface area contributed by atoms with E-state index in [0.29, 0.717) is 0 Å². The summed E-state index contributed by atoms with van der Waals surface area (Å²) in [7, 11) is 1.68. The Bertz CT molecular complexity index is 359. The second kappa shape index (κ2) is 4.73. The van der Waals surface area contributed by atoms with Gasteiger partial charge in [-0.25, -0.2) is 0 Å². The Balaban J connectivity index is 2.82. The molecule has 1 atom stereocenters. The number of amides is 1. The molecule has 0 aliphatic rings. The summed E-state index contributed by atoms with van der Waals surface area (Å²) < 4.78 is 0. The summed E-state index contributed by atoms with van der Waals surface area (Å²) >= 11 is 0. The van der Waals surface area contributed by atoms with E-state index in [9.17, 15) is 9.59 Å². The molecular weight excluding hydrogens is 190 g/mol. The maximum atomic E-state index is 11.8. The van der Waals surface area contributed by atoms with Gasteiger partial charge in [0, 0.05) is 12.7 Å². The van der Waals surface area contributed by atoms with Crippen molar-refractivity contribution in [3.05, 3.63) is 30.3 Å². The third-order valence-corrected chi connectivity index (χ3v) is 2.45. The number of ketones is 1. The number of anilines is 1. The summed E-state index contributed by atoms with van der Waals surface area (Å²) in [6.07, 6.45) is 0. The molecule has 0 radical (unpaired) electrons. The van der Waals surface area contributed by atoms with Crippen molar-refractivity contribution in [3.63, 3.8) is 0 Å². The summed E-state index contributed by atoms with van der Waals surface area (Å²) in [4.78, 5) is 24.4. The lowest BCUT2D eigenvalue weighted by molar-refractivity contribution is -0.130. The van der Waals surface area contributed by atoms with Crippen LogP contribution in [0.2, 0.25) is 0 Å². The second-order valence-corrected chi connectivity index (χ2v) is 3.57. The van der Waals surface area contributed by atoms with Gasteiger partial charge in [-0.1, -0.05) is 18.2 Å². The first-order chi connectivity index (χ1) is 7.04. The molecular formula is C12H15NO2. The van der Waals surface area contributed by atoms with Crippen LogP contribution in [0.1, 0.15) is 13.8 Å². The molecule has 0 bridgehead atoms. The highest BCUT2D eigenvalue weighted by Crippen LogP contribution is 2.14. The third-order valence-electron chi connectivity index (χ3n) is 2.45. The smallest absolute Gasteiger partial charge is 0.236 e. The van der Waals surface area contributed by atoms with Gasteiger partial charge >= 0.3 is 0 Å². The first-order valence-corrected chi connectivity index (χ1v) is 4.87. The molecule has 0 heterocycles. The normalized spacial score (nSPS) is 11.9. The lowest BCUT2D eigenvalue weighted by atomic mass is 10.1. The SMILES string of the molecule is CC(=O)C(C)C(=O)N(C)c1ccccc1. The zero-order valence-corrected chi connectivity index (χ0v) is 9.23. The molecule has 0 saturated heterocycles. The van der Waals surface area contributed by atoms with E-state index < -0.39 is 5.92 Å². The Morgan fingerprint density at radius 2 is 1.73 bits per heavy atom. The maximum Gasteiger partial charge on any atom is 0.236 e. The Labute approximate surface area is 89.7 Å². The van der Waals surface area contributed by atoms with E-state index in [0.717, 1.165) is 5.69 Å². The minimum absolute atomic E-state index is 0.109. The van der Waals surface area contributed by atoms with Gasteiger partial charge in [0.2, 0.25) is 5.91 Å². The maximum absolute atomic E-state index is 11.8. The van der Waals surface area contributed by atoms with Crippen LogP contribution in [0.25, 0.3) is 0 Å². The molecule has 1 unspecified atom stereocenters. The van der Waals surface area contributed by atoms with Crippen LogP contribution in [-0.4, -0.2) is 18.7 Å². The Hall–Kier alpha value is -1.64. The molecule has 1 amide bonds. The molecule has 80 valence electrons. The lowest BCUT2D eigenvalue weighted by Gasteiger charge is -2.19. The number of nitrogens with zero attached hydrogens (tertiary/aromatic N) is 1. The molecule has 0 fully saturated rings. The van der Waals surface area contributed by atoms with E-state index in [1.807, 2.05) is 30.3 Å². The van der Waals surface area contributed by atoms with Gasteiger partial charge in [0.05, 0.1) is 5.92 Å². The van der Waals surface area contributed by atoms with Crippen molar-refractivity contribution in [1.29, 1.82) is 0 Å². The lowest BCUT2D eigenvalue weighted by Crippen LogP contribution is -2.34. The van der Waals surface area contributed by atoms with Gasteiger partial charge in [-0.05, 0) is 26.0 Å². The summed E-state index contributed by atoms with van der Waals surface area (Å²) in [6.45, 7) is 3.06. The van der Waals surface area contributed by atoms with Crippen LogP contribution >= 0.6 is 0 Å². The quantitative estimate of drug-likeness (QED) is 0.706.